The van der Waals surface area contributed by atoms with E-state index in [0.29, 0.717) is 5.92 Å². The number of hydrogen-bond donors (Lipinski definition) is 0. The quantitative estimate of drug-likeness (QED) is 0.248. The van der Waals surface area contributed by atoms with Crippen LogP contribution in [0.1, 0.15) is 29.0 Å². The van der Waals surface area contributed by atoms with Gasteiger partial charge in [0.2, 0.25) is 0 Å². The summed E-state index contributed by atoms with van der Waals surface area (Å²) in [6.07, 6.45) is 3.46. The second kappa shape index (κ2) is 13.1. The van der Waals surface area contributed by atoms with Gasteiger partial charge in [-0.3, -0.25) is 0 Å². The molecule has 4 aromatic rings. The fourth-order valence-corrected chi connectivity index (χ4v) is 5.37. The minimum atomic E-state index is -1.48. The maximum Gasteiger partial charge on any atom is -1.00 e. The molecule has 0 spiro atoms. The van der Waals surface area contributed by atoms with Crippen LogP contribution in [-0.4, -0.2) is 20.4 Å². The second-order valence-electron chi connectivity index (χ2n) is 10.0. The number of benzene rings is 3. The summed E-state index contributed by atoms with van der Waals surface area (Å²) in [6.45, 7) is 12.2. The van der Waals surface area contributed by atoms with Crippen LogP contribution in [0.4, 0.5) is 0 Å². The van der Waals surface area contributed by atoms with Gasteiger partial charge in [-0.2, -0.15) is 0 Å². The summed E-state index contributed by atoms with van der Waals surface area (Å²) in [6, 6.07) is 26.8. The topological polar surface area (TPSA) is 9.23 Å². The summed E-state index contributed by atoms with van der Waals surface area (Å²) >= 11 is 1.74. The first-order valence-electron chi connectivity index (χ1n) is 11.8. The van der Waals surface area contributed by atoms with Crippen LogP contribution in [0.15, 0.2) is 78.9 Å². The average molecular weight is 616 g/mol. The molecule has 0 aliphatic heterocycles. The van der Waals surface area contributed by atoms with Crippen molar-refractivity contribution in [2.75, 3.05) is 6.61 Å². The van der Waals surface area contributed by atoms with Gasteiger partial charge in [-0.1, -0.05) is 72.3 Å². The Labute approximate surface area is 239 Å². The molecule has 1 aliphatic rings. The van der Waals surface area contributed by atoms with Crippen LogP contribution in [-0.2, 0) is 27.8 Å². The molecule has 0 saturated carbocycles. The summed E-state index contributed by atoms with van der Waals surface area (Å²) in [4.78, 5) is 0. The van der Waals surface area contributed by atoms with Gasteiger partial charge < -0.3 is 29.2 Å². The van der Waals surface area contributed by atoms with E-state index in [1.54, 1.807) is 23.3 Å². The van der Waals surface area contributed by atoms with Crippen molar-refractivity contribution in [3.63, 3.8) is 0 Å². The predicted octanol–water partition coefficient (Wildman–Crippen LogP) is 2.27. The average Bonchev–Trinajstić information content (AvgIpc) is 3.31. The number of rotatable bonds is 5. The monoisotopic (exact) mass is 613 g/mol. The Morgan fingerprint density at radius 3 is 2.17 bits per heavy atom. The molecule has 0 saturated heterocycles. The Morgan fingerprint density at radius 2 is 1.46 bits per heavy atom. The zero-order valence-electron chi connectivity index (χ0n) is 21.2. The molecule has 0 N–H and O–H groups in total. The molecule has 0 fully saturated rings. The van der Waals surface area contributed by atoms with Gasteiger partial charge in [0.1, 0.15) is 0 Å². The summed E-state index contributed by atoms with van der Waals surface area (Å²) < 4.78 is 6.16. The molecule has 0 aromatic heterocycles. The van der Waals surface area contributed by atoms with Gasteiger partial charge in [0.15, 0.2) is 8.32 Å². The van der Waals surface area contributed by atoms with E-state index in [-0.39, 0.29) is 30.2 Å². The Kier molecular flexibility index (Phi) is 11.3. The van der Waals surface area contributed by atoms with Crippen LogP contribution >= 0.6 is 0 Å². The Morgan fingerprint density at radius 1 is 0.857 bits per heavy atom. The minimum absolute atomic E-state index is 0. The molecule has 1 aliphatic carbocycles. The number of halogens is 2. The van der Waals surface area contributed by atoms with Crippen molar-refractivity contribution in [1.82, 2.24) is 0 Å². The Bertz CT molecular complexity index is 1330. The molecule has 1 atom stereocenters. The molecular weight excluding hydrogens is 583 g/mol. The van der Waals surface area contributed by atoms with Crippen molar-refractivity contribution >= 4 is 40.9 Å². The number of allylic oxidation sites excluding steroid dienone is 1. The predicted molar refractivity (Wildman–Crippen MR) is 145 cm³/mol. The van der Waals surface area contributed by atoms with Crippen molar-refractivity contribution in [2.45, 2.75) is 45.1 Å². The van der Waals surface area contributed by atoms with Gasteiger partial charge >= 0.3 is 41.9 Å². The number of hydrogen-bond acceptors (Lipinski definition) is 1. The first kappa shape index (κ1) is 30.4. The molecule has 6 heteroatoms. The maximum atomic E-state index is 6.16. The van der Waals surface area contributed by atoms with E-state index in [1.807, 2.05) is 0 Å². The molecule has 5 rings (SSSR count). The standard InChI is InChI=1S/C27H27OSi.C2H6Si.2ClH.Zr/c1-29(2,3)28-16-15-20-18-27(23-12-7-6-11-22(20)23)25-14-8-13-24-21-10-5-4-9-19(21)17-26(24)25;1-3-2;;;/h4-14,17-18,27H,15-16H2,1-3H3;1-2H3;2*1H;/q-1;;;;+2/p-2. The summed E-state index contributed by atoms with van der Waals surface area (Å²) in [5, 5.41) is 5.42. The third-order valence-electron chi connectivity index (χ3n) is 5.94. The van der Waals surface area contributed by atoms with Crippen molar-refractivity contribution < 1.29 is 52.6 Å². The Balaban J connectivity index is 0.000000672. The van der Waals surface area contributed by atoms with Crippen LogP contribution in [0.5, 0.6) is 0 Å². The van der Waals surface area contributed by atoms with Crippen LogP contribution < -0.4 is 24.8 Å². The van der Waals surface area contributed by atoms with Crippen LogP contribution in [0.25, 0.3) is 27.1 Å². The summed E-state index contributed by atoms with van der Waals surface area (Å²) in [5.41, 5.74) is 5.87. The van der Waals surface area contributed by atoms with Crippen molar-refractivity contribution in [3.05, 3.63) is 95.6 Å². The first-order valence-corrected chi connectivity index (χ1v) is 21.4. The molecular formula is C29H33Cl2OSi2Zr-. The molecule has 4 aromatic carbocycles. The third kappa shape index (κ3) is 7.34. The van der Waals surface area contributed by atoms with Gasteiger partial charge in [0, 0.05) is 12.5 Å². The fraction of sp³-hybridized carbons (Fsp3) is 0.276. The number of fused-ring (bicyclic) bond motifs is 4. The minimum Gasteiger partial charge on any atom is -1.00 e. The normalized spacial score (nSPS) is 14.4. The van der Waals surface area contributed by atoms with Crippen molar-refractivity contribution in [1.29, 1.82) is 0 Å². The molecule has 1 nitrogen and oxygen atoms in total. The summed E-state index contributed by atoms with van der Waals surface area (Å²) in [5.74, 6) is 0.314. The van der Waals surface area contributed by atoms with E-state index in [0.717, 1.165) is 13.0 Å². The third-order valence-corrected chi connectivity index (χ3v) is 7.01. The molecule has 0 bridgehead atoms. The van der Waals surface area contributed by atoms with Gasteiger partial charge in [0.25, 0.3) is 0 Å². The summed E-state index contributed by atoms with van der Waals surface area (Å²) in [7, 11) is -1.48. The molecule has 0 amide bonds. The molecule has 35 heavy (non-hydrogen) atoms. The zero-order chi connectivity index (χ0) is 23.6. The van der Waals surface area contributed by atoms with E-state index in [4.69, 9.17) is 4.43 Å². The Hall–Kier alpha value is -0.873. The zero-order valence-corrected chi connectivity index (χ0v) is 27.1. The van der Waals surface area contributed by atoms with Crippen LogP contribution in [0, 0.1) is 0 Å². The fourth-order valence-electron chi connectivity index (χ4n) is 4.66. The van der Waals surface area contributed by atoms with Crippen molar-refractivity contribution in [3.8, 4) is 0 Å². The van der Waals surface area contributed by atoms with Gasteiger partial charge in [-0.15, -0.1) is 33.7 Å². The van der Waals surface area contributed by atoms with E-state index < -0.39 is 8.32 Å². The van der Waals surface area contributed by atoms with Gasteiger partial charge in [-0.25, -0.2) is 0 Å². The SMILES string of the molecule is C[Si](C)(C)OCCC1=CC(c2cccc3c2[cH-]c2ccccc23)c2ccccc21.C[Si](C)=[Zr+2].[Cl-].[Cl-]. The van der Waals surface area contributed by atoms with E-state index in [2.05, 4.69) is 112 Å². The molecule has 0 heterocycles. The largest absolute Gasteiger partial charge is 1.00 e. The second-order valence-corrected chi connectivity index (χ2v) is 23.9. The maximum absolute atomic E-state index is 6.16. The van der Waals surface area contributed by atoms with Crippen LogP contribution in [0.2, 0.25) is 32.7 Å². The van der Waals surface area contributed by atoms with Crippen LogP contribution in [0.3, 0.4) is 0 Å². The molecule has 0 radical (unpaired) electrons. The molecule has 1 unspecified atom stereocenters. The first-order chi connectivity index (χ1) is 15.7. The molecule has 182 valence electrons. The van der Waals surface area contributed by atoms with E-state index in [9.17, 15) is 0 Å². The van der Waals surface area contributed by atoms with Crippen molar-refractivity contribution in [2.24, 2.45) is 0 Å². The smallest absolute Gasteiger partial charge is 1.00 e. The van der Waals surface area contributed by atoms with E-state index in [1.165, 1.54) is 43.8 Å². The van der Waals surface area contributed by atoms with E-state index >= 15 is 0 Å². The van der Waals surface area contributed by atoms with Gasteiger partial charge in [0.05, 0.1) is 0 Å². The van der Waals surface area contributed by atoms with Gasteiger partial charge in [-0.05, 0) is 42.8 Å².